The smallest absolute Gasteiger partial charge is 0.291 e. The maximum Gasteiger partial charge on any atom is 0.291 e. The highest BCUT2D eigenvalue weighted by Crippen LogP contribution is 2.30. The molecule has 2 aliphatic heterocycles. The Morgan fingerprint density at radius 3 is 2.92 bits per heavy atom. The lowest BCUT2D eigenvalue weighted by atomic mass is 9.91. The summed E-state index contributed by atoms with van der Waals surface area (Å²) in [6.07, 6.45) is 1.67. The number of carbonyl (C=O) groups is 2. The molecule has 2 atom stereocenters. The van der Waals surface area contributed by atoms with Crippen molar-refractivity contribution >= 4 is 11.8 Å². The van der Waals surface area contributed by atoms with Gasteiger partial charge in [0.2, 0.25) is 17.6 Å². The molecule has 0 aliphatic carbocycles. The van der Waals surface area contributed by atoms with E-state index in [1.165, 1.54) is 0 Å². The summed E-state index contributed by atoms with van der Waals surface area (Å²) in [4.78, 5) is 31.0. The van der Waals surface area contributed by atoms with E-state index in [2.05, 4.69) is 10.3 Å². The second-order valence-electron chi connectivity index (χ2n) is 6.36. The van der Waals surface area contributed by atoms with Crippen LogP contribution in [0.3, 0.4) is 0 Å². The van der Waals surface area contributed by atoms with Crippen LogP contribution in [-0.2, 0) is 4.79 Å². The van der Waals surface area contributed by atoms with E-state index in [0.717, 1.165) is 18.4 Å². The van der Waals surface area contributed by atoms with Crippen LogP contribution in [0.4, 0.5) is 0 Å². The number of fused-ring (bicyclic) bond motifs is 1. The minimum Gasteiger partial charge on any atom is -0.431 e. The van der Waals surface area contributed by atoms with Gasteiger partial charge in [-0.15, -0.1) is 0 Å². The van der Waals surface area contributed by atoms with Crippen LogP contribution in [0.25, 0.3) is 11.5 Å². The van der Waals surface area contributed by atoms with Crippen molar-refractivity contribution in [3.05, 3.63) is 41.8 Å². The number of amides is 2. The molecule has 2 aliphatic rings. The summed E-state index contributed by atoms with van der Waals surface area (Å²) in [6.45, 7) is 2.95. The van der Waals surface area contributed by atoms with Crippen molar-refractivity contribution in [3.8, 4) is 11.5 Å². The van der Waals surface area contributed by atoms with Crippen LogP contribution in [0.5, 0.6) is 0 Å². The van der Waals surface area contributed by atoms with Crippen molar-refractivity contribution in [3.63, 3.8) is 0 Å². The summed E-state index contributed by atoms with van der Waals surface area (Å²) >= 11 is 0. The van der Waals surface area contributed by atoms with Gasteiger partial charge in [-0.05, 0) is 31.9 Å². The number of likely N-dealkylation sites (tertiary alicyclic amines) is 1. The first-order valence-electron chi connectivity index (χ1n) is 8.26. The maximum atomic E-state index is 13.0. The van der Waals surface area contributed by atoms with E-state index in [4.69, 9.17) is 4.42 Å². The molecular weight excluding hydrogens is 306 g/mol. The van der Waals surface area contributed by atoms with E-state index in [0.29, 0.717) is 24.7 Å². The standard InChI is InChI=1S/C18H19N3O3/c1-11-15(24-17(20-11)12-6-3-2-4-7-12)18(23)21-9-5-8-13-14(21)10-19-16(13)22/h2-4,6-7,13-14H,5,8-10H2,1H3,(H,19,22)/t13-,14-/m1/s1. The molecule has 6 nitrogen and oxygen atoms in total. The number of rotatable bonds is 2. The fraction of sp³-hybridized carbons (Fsp3) is 0.389. The highest BCUT2D eigenvalue weighted by atomic mass is 16.4. The Labute approximate surface area is 139 Å². The van der Waals surface area contributed by atoms with E-state index in [-0.39, 0.29) is 29.5 Å². The van der Waals surface area contributed by atoms with Crippen LogP contribution in [0.1, 0.15) is 29.1 Å². The van der Waals surface area contributed by atoms with Crippen molar-refractivity contribution in [2.75, 3.05) is 13.1 Å². The van der Waals surface area contributed by atoms with Crippen molar-refractivity contribution in [1.29, 1.82) is 0 Å². The van der Waals surface area contributed by atoms with Crippen LogP contribution in [0, 0.1) is 12.8 Å². The molecule has 0 spiro atoms. The molecule has 0 bridgehead atoms. The summed E-state index contributed by atoms with van der Waals surface area (Å²) in [7, 11) is 0. The van der Waals surface area contributed by atoms with Gasteiger partial charge in [0.15, 0.2) is 0 Å². The van der Waals surface area contributed by atoms with Gasteiger partial charge in [0.1, 0.15) is 0 Å². The van der Waals surface area contributed by atoms with Crippen LogP contribution < -0.4 is 5.32 Å². The predicted octanol–water partition coefficient (Wildman–Crippen LogP) is 2.00. The molecule has 1 N–H and O–H groups in total. The topological polar surface area (TPSA) is 75.4 Å². The molecule has 0 unspecified atom stereocenters. The van der Waals surface area contributed by atoms with Gasteiger partial charge in [0.05, 0.1) is 17.7 Å². The number of oxazole rings is 1. The van der Waals surface area contributed by atoms with Crippen molar-refractivity contribution in [2.45, 2.75) is 25.8 Å². The average molecular weight is 325 g/mol. The Morgan fingerprint density at radius 1 is 1.33 bits per heavy atom. The first-order chi connectivity index (χ1) is 11.6. The Hall–Kier alpha value is -2.63. The highest BCUT2D eigenvalue weighted by molar-refractivity contribution is 5.94. The summed E-state index contributed by atoms with van der Waals surface area (Å²) in [5.74, 6) is 0.504. The van der Waals surface area contributed by atoms with Gasteiger partial charge in [0, 0.05) is 18.7 Å². The third-order valence-corrected chi connectivity index (χ3v) is 4.87. The zero-order chi connectivity index (χ0) is 16.7. The number of nitrogens with zero attached hydrogens (tertiary/aromatic N) is 2. The number of hydrogen-bond donors (Lipinski definition) is 1. The van der Waals surface area contributed by atoms with Crippen LogP contribution in [-0.4, -0.2) is 40.8 Å². The monoisotopic (exact) mass is 325 g/mol. The van der Waals surface area contributed by atoms with E-state index in [1.54, 1.807) is 11.8 Å². The maximum absolute atomic E-state index is 13.0. The lowest BCUT2D eigenvalue weighted by Gasteiger charge is -2.35. The molecule has 1 aromatic heterocycles. The molecule has 2 aromatic rings. The van der Waals surface area contributed by atoms with Crippen LogP contribution >= 0.6 is 0 Å². The van der Waals surface area contributed by atoms with Gasteiger partial charge in [0.25, 0.3) is 5.91 Å². The zero-order valence-corrected chi connectivity index (χ0v) is 13.5. The minimum atomic E-state index is -0.173. The highest BCUT2D eigenvalue weighted by Gasteiger charge is 2.43. The second-order valence-corrected chi connectivity index (χ2v) is 6.36. The Bertz CT molecular complexity index is 784. The van der Waals surface area contributed by atoms with Gasteiger partial charge in [-0.3, -0.25) is 9.59 Å². The Kier molecular flexibility index (Phi) is 3.59. The summed E-state index contributed by atoms with van der Waals surface area (Å²) in [5, 5.41) is 2.86. The van der Waals surface area contributed by atoms with Gasteiger partial charge in [-0.1, -0.05) is 18.2 Å². The number of nitrogens with one attached hydrogen (secondary N) is 1. The van der Waals surface area contributed by atoms with E-state index in [1.807, 2.05) is 30.3 Å². The average Bonchev–Trinajstić information content (AvgIpc) is 3.18. The van der Waals surface area contributed by atoms with E-state index in [9.17, 15) is 9.59 Å². The first-order valence-corrected chi connectivity index (χ1v) is 8.26. The fourth-order valence-corrected chi connectivity index (χ4v) is 3.63. The van der Waals surface area contributed by atoms with Crippen LogP contribution in [0.2, 0.25) is 0 Å². The molecule has 6 heteroatoms. The number of carbonyl (C=O) groups excluding carboxylic acids is 2. The summed E-state index contributed by atoms with van der Waals surface area (Å²) in [6, 6.07) is 9.45. The number of hydrogen-bond acceptors (Lipinski definition) is 4. The molecule has 0 saturated carbocycles. The largest absolute Gasteiger partial charge is 0.431 e. The normalized spacial score (nSPS) is 23.0. The molecule has 1 aromatic carbocycles. The Balaban J connectivity index is 1.63. The van der Waals surface area contributed by atoms with Gasteiger partial charge in [-0.25, -0.2) is 4.98 Å². The van der Waals surface area contributed by atoms with Crippen LogP contribution in [0.15, 0.2) is 34.7 Å². The fourth-order valence-electron chi connectivity index (χ4n) is 3.63. The lowest BCUT2D eigenvalue weighted by Crippen LogP contribution is -2.48. The molecule has 24 heavy (non-hydrogen) atoms. The molecule has 4 rings (SSSR count). The van der Waals surface area contributed by atoms with Crippen molar-refractivity contribution in [1.82, 2.24) is 15.2 Å². The minimum absolute atomic E-state index is 0.0526. The molecule has 2 fully saturated rings. The van der Waals surface area contributed by atoms with Crippen molar-refractivity contribution < 1.29 is 14.0 Å². The SMILES string of the molecule is Cc1nc(-c2ccccc2)oc1C(=O)N1CCC[C@H]2C(=O)NC[C@H]21. The molecule has 2 saturated heterocycles. The summed E-state index contributed by atoms with van der Waals surface area (Å²) in [5.41, 5.74) is 1.42. The van der Waals surface area contributed by atoms with E-state index >= 15 is 0 Å². The molecule has 3 heterocycles. The number of aromatic nitrogens is 1. The third kappa shape index (κ3) is 2.38. The summed E-state index contributed by atoms with van der Waals surface area (Å²) < 4.78 is 5.78. The Morgan fingerprint density at radius 2 is 2.12 bits per heavy atom. The third-order valence-electron chi connectivity index (χ3n) is 4.87. The number of piperidine rings is 1. The second kappa shape index (κ2) is 5.78. The lowest BCUT2D eigenvalue weighted by molar-refractivity contribution is -0.123. The molecular formula is C18H19N3O3. The molecule has 124 valence electrons. The molecule has 2 amide bonds. The quantitative estimate of drug-likeness (QED) is 0.916. The predicted molar refractivity (Wildman–Crippen MR) is 87.2 cm³/mol. The zero-order valence-electron chi connectivity index (χ0n) is 13.5. The van der Waals surface area contributed by atoms with Crippen molar-refractivity contribution in [2.24, 2.45) is 5.92 Å². The number of aryl methyl sites for hydroxylation is 1. The molecule has 0 radical (unpaired) electrons. The van der Waals surface area contributed by atoms with Gasteiger partial charge < -0.3 is 14.6 Å². The first kappa shape index (κ1) is 14.9. The van der Waals surface area contributed by atoms with E-state index < -0.39 is 0 Å². The van der Waals surface area contributed by atoms with Gasteiger partial charge in [-0.2, -0.15) is 0 Å². The number of benzene rings is 1. The van der Waals surface area contributed by atoms with Gasteiger partial charge >= 0.3 is 0 Å².